The highest BCUT2D eigenvalue weighted by Crippen LogP contribution is 1.98. The molecule has 0 aliphatic carbocycles. The average molecular weight is 297 g/mol. The molecule has 104 valence electrons. The quantitative estimate of drug-likeness (QED) is 0.448. The molecule has 1 aliphatic heterocycles. The van der Waals surface area contributed by atoms with Crippen LogP contribution in [0.25, 0.3) is 0 Å². The molecule has 18 heavy (non-hydrogen) atoms. The van der Waals surface area contributed by atoms with Gasteiger partial charge in [0.2, 0.25) is 5.78 Å². The number of ether oxygens (including phenoxy) is 1. The molecule has 0 atom stereocenters. The van der Waals surface area contributed by atoms with Crippen molar-refractivity contribution in [3.05, 3.63) is 0 Å². The molecule has 1 rings (SSSR count). The zero-order valence-electron chi connectivity index (χ0n) is 10.1. The average Bonchev–Trinajstić information content (AvgIpc) is 2.34. The van der Waals surface area contributed by atoms with Crippen molar-refractivity contribution < 1.29 is 19.2 Å². The first kappa shape index (κ1) is 17.2. The Morgan fingerprint density at radius 1 is 1.39 bits per heavy atom. The molecule has 1 fully saturated rings. The van der Waals surface area contributed by atoms with Crippen molar-refractivity contribution in [1.29, 1.82) is 0 Å². The van der Waals surface area contributed by atoms with Gasteiger partial charge in [0.05, 0.1) is 13.2 Å². The topological polar surface area (TPSA) is 67.9 Å². The van der Waals surface area contributed by atoms with Crippen LogP contribution in [0.15, 0.2) is 0 Å². The smallest absolute Gasteiger partial charge is 0.379 e. The fraction of sp³-hybridized carbons (Fsp3) is 0.700. The molecular weight excluding hydrogens is 280 g/mol. The van der Waals surface area contributed by atoms with Crippen molar-refractivity contribution in [1.82, 2.24) is 10.4 Å². The number of rotatable bonds is 4. The zero-order valence-corrected chi connectivity index (χ0v) is 11.8. The SMILES string of the molecule is CC(=O)C(=O)ONC(=S)CCN1CCOCC1.Cl. The Bertz CT molecular complexity index is 308. The van der Waals surface area contributed by atoms with Crippen LogP contribution >= 0.6 is 24.6 Å². The van der Waals surface area contributed by atoms with Crippen LogP contribution in [0.3, 0.4) is 0 Å². The van der Waals surface area contributed by atoms with Gasteiger partial charge in [0, 0.05) is 33.0 Å². The molecule has 8 heteroatoms. The molecule has 0 aromatic heterocycles. The molecule has 0 unspecified atom stereocenters. The van der Waals surface area contributed by atoms with Crippen LogP contribution in [-0.4, -0.2) is 54.5 Å². The Balaban J connectivity index is 0.00000289. The number of nitrogens with one attached hydrogen (secondary N) is 1. The van der Waals surface area contributed by atoms with Crippen LogP contribution in [0.4, 0.5) is 0 Å². The van der Waals surface area contributed by atoms with E-state index in [9.17, 15) is 9.59 Å². The van der Waals surface area contributed by atoms with Crippen molar-refractivity contribution in [2.45, 2.75) is 13.3 Å². The summed E-state index contributed by atoms with van der Waals surface area (Å²) in [5.74, 6) is -1.59. The van der Waals surface area contributed by atoms with Crippen molar-refractivity contribution in [3.63, 3.8) is 0 Å². The second kappa shape index (κ2) is 9.21. The number of hydrogen-bond donors (Lipinski definition) is 1. The van der Waals surface area contributed by atoms with Crippen molar-refractivity contribution in [2.24, 2.45) is 0 Å². The molecule has 0 spiro atoms. The monoisotopic (exact) mass is 296 g/mol. The normalized spacial score (nSPS) is 15.4. The van der Waals surface area contributed by atoms with E-state index < -0.39 is 11.8 Å². The summed E-state index contributed by atoms with van der Waals surface area (Å²) in [6.07, 6.45) is 0.584. The van der Waals surface area contributed by atoms with Gasteiger partial charge >= 0.3 is 5.97 Å². The first-order valence-corrected chi connectivity index (χ1v) is 5.81. The largest absolute Gasteiger partial charge is 0.398 e. The van der Waals surface area contributed by atoms with Gasteiger partial charge in [0.15, 0.2) is 0 Å². The molecule has 0 saturated carbocycles. The van der Waals surface area contributed by atoms with E-state index in [2.05, 4.69) is 15.2 Å². The van der Waals surface area contributed by atoms with Gasteiger partial charge in [-0.2, -0.15) is 0 Å². The van der Waals surface area contributed by atoms with Gasteiger partial charge in [-0.1, -0.05) is 12.2 Å². The number of carbonyl (C=O) groups is 2. The standard InChI is InChI=1S/C10H16N2O4S.ClH/c1-8(13)10(14)16-11-9(17)2-3-12-4-6-15-7-5-12;/h2-7H2,1H3,(H,11,17);1H. The third-order valence-electron chi connectivity index (χ3n) is 2.30. The van der Waals surface area contributed by atoms with Crippen LogP contribution in [0.5, 0.6) is 0 Å². The number of Topliss-reactive ketones (excluding diaryl/α,β-unsaturated/α-hetero) is 1. The fourth-order valence-corrected chi connectivity index (χ4v) is 1.44. The maximum Gasteiger partial charge on any atom is 0.398 e. The number of hydroxylamine groups is 1. The van der Waals surface area contributed by atoms with Crippen LogP contribution in [0.2, 0.25) is 0 Å². The van der Waals surface area contributed by atoms with E-state index in [1.54, 1.807) is 0 Å². The number of thiocarbonyl (C=S) groups is 1. The molecule has 6 nitrogen and oxygen atoms in total. The summed E-state index contributed by atoms with van der Waals surface area (Å²) in [6.45, 7) is 5.17. The second-order valence-electron chi connectivity index (χ2n) is 3.67. The van der Waals surface area contributed by atoms with Crippen LogP contribution in [-0.2, 0) is 19.2 Å². The fourth-order valence-electron chi connectivity index (χ4n) is 1.31. The molecule has 1 N–H and O–H groups in total. The Labute approximate surface area is 117 Å². The van der Waals surface area contributed by atoms with Crippen LogP contribution in [0.1, 0.15) is 13.3 Å². The number of ketones is 1. The van der Waals surface area contributed by atoms with E-state index in [4.69, 9.17) is 17.0 Å². The number of morpholine rings is 1. The predicted molar refractivity (Wildman–Crippen MR) is 71.6 cm³/mol. The summed E-state index contributed by atoms with van der Waals surface area (Å²) < 4.78 is 5.21. The highest BCUT2D eigenvalue weighted by atomic mass is 35.5. The summed E-state index contributed by atoms with van der Waals surface area (Å²) in [6, 6.07) is 0. The lowest BCUT2D eigenvalue weighted by molar-refractivity contribution is -0.156. The summed E-state index contributed by atoms with van der Waals surface area (Å²) in [7, 11) is 0. The lowest BCUT2D eigenvalue weighted by Crippen LogP contribution is -2.39. The molecular formula is C10H17ClN2O4S. The predicted octanol–water partition coefficient (Wildman–Crippen LogP) is 0.0947. The molecule has 0 radical (unpaired) electrons. The maximum atomic E-state index is 10.8. The number of halogens is 1. The Morgan fingerprint density at radius 2 is 2.00 bits per heavy atom. The second-order valence-corrected chi connectivity index (χ2v) is 4.17. The minimum absolute atomic E-state index is 0. The summed E-state index contributed by atoms with van der Waals surface area (Å²) >= 11 is 4.97. The minimum atomic E-state index is -0.932. The lowest BCUT2D eigenvalue weighted by atomic mass is 10.3. The maximum absolute atomic E-state index is 10.8. The minimum Gasteiger partial charge on any atom is -0.379 e. The van der Waals surface area contributed by atoms with Gasteiger partial charge in [-0.25, -0.2) is 10.3 Å². The summed E-state index contributed by atoms with van der Waals surface area (Å²) in [5, 5.41) is 0. The van der Waals surface area contributed by atoms with Gasteiger partial charge in [-0.3, -0.25) is 9.69 Å². The number of hydrogen-bond acceptors (Lipinski definition) is 6. The molecule has 1 heterocycles. The Hall–Kier alpha value is -0.760. The highest BCUT2D eigenvalue weighted by molar-refractivity contribution is 7.80. The summed E-state index contributed by atoms with van der Waals surface area (Å²) in [4.78, 5) is 28.5. The van der Waals surface area contributed by atoms with Gasteiger partial charge in [0.25, 0.3) is 0 Å². The zero-order chi connectivity index (χ0) is 12.7. The molecule has 0 aromatic rings. The van der Waals surface area contributed by atoms with Crippen LogP contribution < -0.4 is 5.48 Å². The molecule has 0 amide bonds. The summed E-state index contributed by atoms with van der Waals surface area (Å²) in [5.41, 5.74) is 2.31. The lowest BCUT2D eigenvalue weighted by Gasteiger charge is -2.26. The van der Waals surface area contributed by atoms with E-state index >= 15 is 0 Å². The van der Waals surface area contributed by atoms with E-state index in [0.717, 1.165) is 39.8 Å². The number of carbonyl (C=O) groups excluding carboxylic acids is 2. The van der Waals surface area contributed by atoms with E-state index in [1.165, 1.54) is 0 Å². The van der Waals surface area contributed by atoms with Crippen molar-refractivity contribution >= 4 is 41.4 Å². The van der Waals surface area contributed by atoms with Crippen LogP contribution in [0, 0.1) is 0 Å². The molecule has 0 aromatic carbocycles. The van der Waals surface area contributed by atoms with Crippen molar-refractivity contribution in [3.8, 4) is 0 Å². The third-order valence-corrected chi connectivity index (χ3v) is 2.59. The van der Waals surface area contributed by atoms with E-state index in [-0.39, 0.29) is 12.4 Å². The third kappa shape index (κ3) is 6.85. The van der Waals surface area contributed by atoms with Gasteiger partial charge < -0.3 is 9.57 Å². The van der Waals surface area contributed by atoms with Gasteiger partial charge in [-0.15, -0.1) is 12.4 Å². The van der Waals surface area contributed by atoms with E-state index in [0.29, 0.717) is 11.4 Å². The van der Waals surface area contributed by atoms with Gasteiger partial charge in [0.1, 0.15) is 4.99 Å². The van der Waals surface area contributed by atoms with E-state index in [1.807, 2.05) is 0 Å². The Kier molecular flexibility index (Phi) is 8.82. The first-order valence-electron chi connectivity index (χ1n) is 5.40. The van der Waals surface area contributed by atoms with Gasteiger partial charge in [-0.05, 0) is 0 Å². The first-order chi connectivity index (χ1) is 8.09. The Morgan fingerprint density at radius 3 is 2.56 bits per heavy atom. The highest BCUT2D eigenvalue weighted by Gasteiger charge is 2.12. The number of nitrogens with zero attached hydrogens (tertiary/aromatic N) is 1. The molecule has 1 saturated heterocycles. The van der Waals surface area contributed by atoms with Crippen molar-refractivity contribution in [2.75, 3.05) is 32.8 Å². The molecule has 1 aliphatic rings. The molecule has 0 bridgehead atoms.